The molecule has 1 heterocycles. The Labute approximate surface area is 102 Å². The maximum atomic E-state index is 5.87. The molecule has 0 aliphatic carbocycles. The predicted octanol–water partition coefficient (Wildman–Crippen LogP) is 1.54. The average Bonchev–Trinajstić information content (AvgIpc) is 2.38. The molecule has 4 nitrogen and oxygen atoms in total. The van der Waals surface area contributed by atoms with Crippen molar-refractivity contribution in [2.45, 2.75) is 12.5 Å². The lowest BCUT2D eigenvalue weighted by Crippen LogP contribution is -2.45. The van der Waals surface area contributed by atoms with Crippen LogP contribution in [0.1, 0.15) is 12.5 Å². The SMILES string of the molecule is COc1ccc(C2(C)CNCCO2)cc1OC. The first-order valence-electron chi connectivity index (χ1n) is 5.77. The molecule has 17 heavy (non-hydrogen) atoms. The van der Waals surface area contributed by atoms with Gasteiger partial charge in [-0.25, -0.2) is 0 Å². The van der Waals surface area contributed by atoms with Crippen LogP contribution < -0.4 is 14.8 Å². The highest BCUT2D eigenvalue weighted by atomic mass is 16.5. The van der Waals surface area contributed by atoms with Crippen molar-refractivity contribution in [1.29, 1.82) is 0 Å². The van der Waals surface area contributed by atoms with E-state index in [9.17, 15) is 0 Å². The third kappa shape index (κ3) is 2.37. The van der Waals surface area contributed by atoms with Crippen LogP contribution in [0.3, 0.4) is 0 Å². The summed E-state index contributed by atoms with van der Waals surface area (Å²) >= 11 is 0. The van der Waals surface area contributed by atoms with Gasteiger partial charge in [-0.1, -0.05) is 6.07 Å². The molecule has 1 aromatic rings. The van der Waals surface area contributed by atoms with Crippen LogP contribution in [-0.2, 0) is 10.3 Å². The van der Waals surface area contributed by atoms with E-state index in [1.165, 1.54) is 0 Å². The molecule has 2 rings (SSSR count). The van der Waals surface area contributed by atoms with E-state index >= 15 is 0 Å². The van der Waals surface area contributed by atoms with Crippen molar-refractivity contribution in [3.63, 3.8) is 0 Å². The number of nitrogens with one attached hydrogen (secondary N) is 1. The third-order valence-corrected chi connectivity index (χ3v) is 3.16. The van der Waals surface area contributed by atoms with Gasteiger partial charge in [-0.15, -0.1) is 0 Å². The highest BCUT2D eigenvalue weighted by Crippen LogP contribution is 2.34. The summed E-state index contributed by atoms with van der Waals surface area (Å²) in [6, 6.07) is 5.91. The van der Waals surface area contributed by atoms with Crippen LogP contribution in [0.25, 0.3) is 0 Å². The first-order chi connectivity index (χ1) is 8.19. The van der Waals surface area contributed by atoms with E-state index in [0.29, 0.717) is 0 Å². The van der Waals surface area contributed by atoms with Gasteiger partial charge in [-0.3, -0.25) is 0 Å². The van der Waals surface area contributed by atoms with E-state index in [2.05, 4.69) is 12.2 Å². The van der Waals surface area contributed by atoms with Crippen LogP contribution in [0.4, 0.5) is 0 Å². The smallest absolute Gasteiger partial charge is 0.161 e. The average molecular weight is 237 g/mol. The highest BCUT2D eigenvalue weighted by molar-refractivity contribution is 5.44. The summed E-state index contributed by atoms with van der Waals surface area (Å²) in [4.78, 5) is 0. The lowest BCUT2D eigenvalue weighted by Gasteiger charge is -2.35. The second-order valence-corrected chi connectivity index (χ2v) is 4.33. The highest BCUT2D eigenvalue weighted by Gasteiger charge is 2.30. The fraction of sp³-hybridized carbons (Fsp3) is 0.538. The molecule has 0 radical (unpaired) electrons. The maximum absolute atomic E-state index is 5.87. The van der Waals surface area contributed by atoms with Gasteiger partial charge in [0, 0.05) is 13.1 Å². The summed E-state index contributed by atoms with van der Waals surface area (Å²) in [6.07, 6.45) is 0. The maximum Gasteiger partial charge on any atom is 0.161 e. The fourth-order valence-electron chi connectivity index (χ4n) is 2.08. The van der Waals surface area contributed by atoms with Gasteiger partial charge in [-0.05, 0) is 24.6 Å². The minimum Gasteiger partial charge on any atom is -0.493 e. The van der Waals surface area contributed by atoms with Crippen LogP contribution in [0.15, 0.2) is 18.2 Å². The molecule has 0 saturated carbocycles. The summed E-state index contributed by atoms with van der Waals surface area (Å²) in [6.45, 7) is 4.52. The number of ether oxygens (including phenoxy) is 3. The Kier molecular flexibility index (Phi) is 3.54. The predicted molar refractivity (Wildman–Crippen MR) is 65.7 cm³/mol. The molecular formula is C13H19NO3. The van der Waals surface area contributed by atoms with E-state index in [-0.39, 0.29) is 5.60 Å². The van der Waals surface area contributed by atoms with Gasteiger partial charge in [-0.2, -0.15) is 0 Å². The van der Waals surface area contributed by atoms with E-state index in [1.807, 2.05) is 18.2 Å². The Hall–Kier alpha value is -1.26. The number of methoxy groups -OCH3 is 2. The zero-order valence-electron chi connectivity index (χ0n) is 10.6. The summed E-state index contributed by atoms with van der Waals surface area (Å²) < 4.78 is 16.4. The Balaban J connectivity index is 2.32. The fourth-order valence-corrected chi connectivity index (χ4v) is 2.08. The molecule has 1 aliphatic heterocycles. The van der Waals surface area contributed by atoms with Gasteiger partial charge >= 0.3 is 0 Å². The zero-order valence-corrected chi connectivity index (χ0v) is 10.6. The van der Waals surface area contributed by atoms with Crippen molar-refractivity contribution in [1.82, 2.24) is 5.32 Å². The topological polar surface area (TPSA) is 39.7 Å². The lowest BCUT2D eigenvalue weighted by atomic mass is 9.94. The second-order valence-electron chi connectivity index (χ2n) is 4.33. The van der Waals surface area contributed by atoms with E-state index in [0.717, 1.165) is 36.8 Å². The summed E-state index contributed by atoms with van der Waals surface area (Å²) in [5, 5.41) is 3.34. The van der Waals surface area contributed by atoms with Gasteiger partial charge in [0.25, 0.3) is 0 Å². The molecule has 1 aliphatic rings. The molecule has 1 atom stereocenters. The van der Waals surface area contributed by atoms with Crippen LogP contribution in [0.5, 0.6) is 11.5 Å². The van der Waals surface area contributed by atoms with Crippen LogP contribution in [0, 0.1) is 0 Å². The third-order valence-electron chi connectivity index (χ3n) is 3.16. The first kappa shape index (κ1) is 12.2. The summed E-state index contributed by atoms with van der Waals surface area (Å²) in [5.41, 5.74) is 0.806. The summed E-state index contributed by atoms with van der Waals surface area (Å²) in [5.74, 6) is 1.48. The molecule has 1 aromatic carbocycles. The molecule has 1 saturated heterocycles. The van der Waals surface area contributed by atoms with Gasteiger partial charge in [0.05, 0.1) is 20.8 Å². The van der Waals surface area contributed by atoms with Crippen molar-refractivity contribution in [2.75, 3.05) is 33.9 Å². The van der Waals surface area contributed by atoms with Gasteiger partial charge in [0.2, 0.25) is 0 Å². The Morgan fingerprint density at radius 3 is 2.59 bits per heavy atom. The molecule has 1 N–H and O–H groups in total. The first-order valence-corrected chi connectivity index (χ1v) is 5.77. The number of rotatable bonds is 3. The normalized spacial score (nSPS) is 24.4. The number of hydrogen-bond donors (Lipinski definition) is 1. The van der Waals surface area contributed by atoms with Crippen molar-refractivity contribution in [3.05, 3.63) is 23.8 Å². The largest absolute Gasteiger partial charge is 0.493 e. The molecule has 1 fully saturated rings. The monoisotopic (exact) mass is 237 g/mol. The Bertz CT molecular complexity index is 386. The van der Waals surface area contributed by atoms with E-state index in [1.54, 1.807) is 14.2 Å². The molecule has 0 bridgehead atoms. The van der Waals surface area contributed by atoms with Crippen molar-refractivity contribution >= 4 is 0 Å². The molecule has 0 amide bonds. The van der Waals surface area contributed by atoms with Gasteiger partial charge in [0.1, 0.15) is 5.60 Å². The molecule has 0 spiro atoms. The Morgan fingerprint density at radius 2 is 2.00 bits per heavy atom. The second kappa shape index (κ2) is 4.94. The minimum absolute atomic E-state index is 0.294. The number of benzene rings is 1. The Morgan fingerprint density at radius 1 is 1.24 bits per heavy atom. The zero-order chi connectivity index (χ0) is 12.3. The van der Waals surface area contributed by atoms with Gasteiger partial charge < -0.3 is 19.5 Å². The standard InChI is InChI=1S/C13H19NO3/c1-13(9-14-6-7-17-13)10-4-5-11(15-2)12(8-10)16-3/h4-5,8,14H,6-7,9H2,1-3H3. The van der Waals surface area contributed by atoms with Crippen LogP contribution in [0.2, 0.25) is 0 Å². The van der Waals surface area contributed by atoms with Gasteiger partial charge in [0.15, 0.2) is 11.5 Å². The number of morpholine rings is 1. The van der Waals surface area contributed by atoms with Crippen LogP contribution >= 0.6 is 0 Å². The molecule has 0 aromatic heterocycles. The van der Waals surface area contributed by atoms with Crippen LogP contribution in [-0.4, -0.2) is 33.9 Å². The van der Waals surface area contributed by atoms with E-state index in [4.69, 9.17) is 14.2 Å². The van der Waals surface area contributed by atoms with Crippen molar-refractivity contribution < 1.29 is 14.2 Å². The van der Waals surface area contributed by atoms with Crippen molar-refractivity contribution in [2.24, 2.45) is 0 Å². The van der Waals surface area contributed by atoms with Crippen molar-refractivity contribution in [3.8, 4) is 11.5 Å². The summed E-state index contributed by atoms with van der Waals surface area (Å²) in [7, 11) is 3.28. The molecule has 94 valence electrons. The molecular weight excluding hydrogens is 218 g/mol. The quantitative estimate of drug-likeness (QED) is 0.865. The molecule has 1 unspecified atom stereocenters. The minimum atomic E-state index is -0.294. The molecule has 4 heteroatoms. The lowest BCUT2D eigenvalue weighted by molar-refractivity contribution is -0.0573. The van der Waals surface area contributed by atoms with E-state index < -0.39 is 0 Å². The number of hydrogen-bond acceptors (Lipinski definition) is 4.